The maximum atomic E-state index is 9.92. The fourth-order valence-corrected chi connectivity index (χ4v) is 3.09. The lowest BCUT2D eigenvalue weighted by Gasteiger charge is -2.36. The summed E-state index contributed by atoms with van der Waals surface area (Å²) in [5.41, 5.74) is 1.30. The fraction of sp³-hybridized carbons (Fsp3) is 0.417. The van der Waals surface area contributed by atoms with E-state index in [2.05, 4.69) is 22.0 Å². The Bertz CT molecular complexity index is 420. The first kappa shape index (κ1) is 10.5. The Hall–Kier alpha value is -1.01. The van der Waals surface area contributed by atoms with Gasteiger partial charge < -0.3 is 5.11 Å². The summed E-state index contributed by atoms with van der Waals surface area (Å²) in [5.74, 6) is 0.239. The Morgan fingerprint density at radius 1 is 1.47 bits per heavy atom. The van der Waals surface area contributed by atoms with Crippen LogP contribution in [0.1, 0.15) is 30.4 Å². The molecule has 1 aromatic rings. The standard InChI is InChI=1S/C12H12BrNO/c1-8-5-9(13)11(10(15)6-8)12(7-14)3-2-4-12/h5-6,15H,2-4H2,1H3. The van der Waals surface area contributed by atoms with Gasteiger partial charge in [0, 0.05) is 10.0 Å². The van der Waals surface area contributed by atoms with Crippen LogP contribution in [0.2, 0.25) is 0 Å². The van der Waals surface area contributed by atoms with Gasteiger partial charge in [0.25, 0.3) is 0 Å². The zero-order valence-electron chi connectivity index (χ0n) is 8.55. The second kappa shape index (κ2) is 3.53. The van der Waals surface area contributed by atoms with Crippen LogP contribution in [0.25, 0.3) is 0 Å². The monoisotopic (exact) mass is 265 g/mol. The van der Waals surface area contributed by atoms with Crippen molar-refractivity contribution in [2.75, 3.05) is 0 Å². The third kappa shape index (κ3) is 1.53. The van der Waals surface area contributed by atoms with E-state index in [4.69, 9.17) is 0 Å². The van der Waals surface area contributed by atoms with E-state index in [0.717, 1.165) is 34.9 Å². The maximum Gasteiger partial charge on any atom is 0.121 e. The van der Waals surface area contributed by atoms with Gasteiger partial charge in [-0.15, -0.1) is 0 Å². The summed E-state index contributed by atoms with van der Waals surface area (Å²) in [6.45, 7) is 1.92. The van der Waals surface area contributed by atoms with Crippen LogP contribution >= 0.6 is 15.9 Å². The van der Waals surface area contributed by atoms with Crippen molar-refractivity contribution in [1.82, 2.24) is 0 Å². The SMILES string of the molecule is Cc1cc(O)c(C2(C#N)CCC2)c(Br)c1. The summed E-state index contributed by atoms with van der Waals surface area (Å²) >= 11 is 3.44. The molecular formula is C12H12BrNO. The molecular weight excluding hydrogens is 254 g/mol. The van der Waals surface area contributed by atoms with Crippen LogP contribution < -0.4 is 0 Å². The summed E-state index contributed by atoms with van der Waals surface area (Å²) in [4.78, 5) is 0. The zero-order chi connectivity index (χ0) is 11.1. The van der Waals surface area contributed by atoms with Crippen molar-refractivity contribution >= 4 is 15.9 Å². The van der Waals surface area contributed by atoms with Crippen LogP contribution in [0.3, 0.4) is 0 Å². The van der Waals surface area contributed by atoms with Gasteiger partial charge in [0.1, 0.15) is 5.75 Å². The number of benzene rings is 1. The first-order valence-corrected chi connectivity index (χ1v) is 5.79. The number of hydrogen-bond acceptors (Lipinski definition) is 2. The van der Waals surface area contributed by atoms with E-state index in [-0.39, 0.29) is 5.75 Å². The van der Waals surface area contributed by atoms with Crippen LogP contribution in [-0.4, -0.2) is 5.11 Å². The first-order chi connectivity index (χ1) is 7.09. The predicted molar refractivity (Wildman–Crippen MR) is 61.7 cm³/mol. The highest BCUT2D eigenvalue weighted by molar-refractivity contribution is 9.10. The van der Waals surface area contributed by atoms with E-state index in [1.54, 1.807) is 6.07 Å². The normalized spacial score (nSPS) is 17.9. The average Bonchev–Trinajstić information content (AvgIpc) is 2.07. The molecule has 1 N–H and O–H groups in total. The molecule has 1 aromatic carbocycles. The number of phenols is 1. The number of halogens is 1. The molecule has 0 heterocycles. The van der Waals surface area contributed by atoms with Gasteiger partial charge in [-0.25, -0.2) is 0 Å². The van der Waals surface area contributed by atoms with Gasteiger partial charge >= 0.3 is 0 Å². The Labute approximate surface area is 97.7 Å². The molecule has 2 nitrogen and oxygen atoms in total. The quantitative estimate of drug-likeness (QED) is 0.846. The third-order valence-corrected chi connectivity index (χ3v) is 3.74. The van der Waals surface area contributed by atoms with E-state index in [9.17, 15) is 10.4 Å². The molecule has 1 aliphatic carbocycles. The van der Waals surface area contributed by atoms with Crippen LogP contribution in [0.5, 0.6) is 5.75 Å². The van der Waals surface area contributed by atoms with Crippen LogP contribution in [0.15, 0.2) is 16.6 Å². The lowest BCUT2D eigenvalue weighted by atomic mass is 9.65. The smallest absolute Gasteiger partial charge is 0.121 e. The van der Waals surface area contributed by atoms with Gasteiger partial charge in [0.2, 0.25) is 0 Å². The van der Waals surface area contributed by atoms with E-state index >= 15 is 0 Å². The van der Waals surface area contributed by atoms with E-state index < -0.39 is 5.41 Å². The van der Waals surface area contributed by atoms with E-state index in [1.807, 2.05) is 13.0 Å². The van der Waals surface area contributed by atoms with Crippen LogP contribution in [0, 0.1) is 18.3 Å². The van der Waals surface area contributed by atoms with Gasteiger partial charge in [0.05, 0.1) is 11.5 Å². The highest BCUT2D eigenvalue weighted by Gasteiger charge is 2.42. The first-order valence-electron chi connectivity index (χ1n) is 5.00. The molecule has 3 heteroatoms. The van der Waals surface area contributed by atoms with Crippen molar-refractivity contribution in [2.45, 2.75) is 31.6 Å². The summed E-state index contributed by atoms with van der Waals surface area (Å²) < 4.78 is 0.848. The number of aromatic hydroxyl groups is 1. The Balaban J connectivity index is 2.58. The molecule has 0 radical (unpaired) electrons. The van der Waals surface area contributed by atoms with E-state index in [0.29, 0.717) is 0 Å². The van der Waals surface area contributed by atoms with Gasteiger partial charge in [-0.1, -0.05) is 15.9 Å². The minimum Gasteiger partial charge on any atom is -0.508 e. The molecule has 0 unspecified atom stereocenters. The van der Waals surface area contributed by atoms with Crippen molar-refractivity contribution in [3.63, 3.8) is 0 Å². The minimum atomic E-state index is -0.462. The molecule has 0 atom stereocenters. The Morgan fingerprint density at radius 3 is 2.53 bits per heavy atom. The number of nitriles is 1. The highest BCUT2D eigenvalue weighted by atomic mass is 79.9. The summed E-state index contributed by atoms with van der Waals surface area (Å²) in [5, 5.41) is 19.1. The van der Waals surface area contributed by atoms with E-state index in [1.165, 1.54) is 0 Å². The number of nitrogens with zero attached hydrogens (tertiary/aromatic N) is 1. The summed E-state index contributed by atoms with van der Waals surface area (Å²) in [7, 11) is 0. The molecule has 0 aliphatic heterocycles. The van der Waals surface area contributed by atoms with Crippen molar-refractivity contribution in [3.8, 4) is 11.8 Å². The summed E-state index contributed by atoms with van der Waals surface area (Å²) in [6, 6.07) is 6.01. The molecule has 1 fully saturated rings. The van der Waals surface area contributed by atoms with Crippen LogP contribution in [0.4, 0.5) is 0 Å². The second-order valence-electron chi connectivity index (χ2n) is 4.19. The highest BCUT2D eigenvalue weighted by Crippen LogP contribution is 2.49. The Kier molecular flexibility index (Phi) is 2.47. The molecule has 0 amide bonds. The predicted octanol–water partition coefficient (Wildman–Crippen LogP) is 3.41. The molecule has 0 saturated heterocycles. The molecule has 0 bridgehead atoms. The van der Waals surface area contributed by atoms with Crippen molar-refractivity contribution < 1.29 is 5.11 Å². The van der Waals surface area contributed by atoms with Crippen molar-refractivity contribution in [2.24, 2.45) is 0 Å². The minimum absolute atomic E-state index is 0.239. The number of hydrogen-bond donors (Lipinski definition) is 1. The third-order valence-electron chi connectivity index (χ3n) is 3.11. The van der Waals surface area contributed by atoms with Gasteiger partial charge in [0.15, 0.2) is 0 Å². The fourth-order valence-electron chi connectivity index (χ4n) is 2.15. The zero-order valence-corrected chi connectivity index (χ0v) is 10.1. The van der Waals surface area contributed by atoms with Gasteiger partial charge in [-0.3, -0.25) is 0 Å². The largest absolute Gasteiger partial charge is 0.508 e. The second-order valence-corrected chi connectivity index (χ2v) is 5.04. The molecule has 1 saturated carbocycles. The van der Waals surface area contributed by atoms with Crippen molar-refractivity contribution in [1.29, 1.82) is 5.26 Å². The molecule has 1 aliphatic rings. The van der Waals surface area contributed by atoms with Crippen molar-refractivity contribution in [3.05, 3.63) is 27.7 Å². The van der Waals surface area contributed by atoms with Gasteiger partial charge in [-0.05, 0) is 43.9 Å². The maximum absolute atomic E-state index is 9.92. The number of phenolic OH excluding ortho intramolecular Hbond substituents is 1. The van der Waals surface area contributed by atoms with Crippen LogP contribution in [-0.2, 0) is 5.41 Å². The van der Waals surface area contributed by atoms with Gasteiger partial charge in [-0.2, -0.15) is 5.26 Å². The molecule has 0 aromatic heterocycles. The lowest BCUT2D eigenvalue weighted by Crippen LogP contribution is -2.32. The number of rotatable bonds is 1. The average molecular weight is 266 g/mol. The Morgan fingerprint density at radius 2 is 2.13 bits per heavy atom. The number of aryl methyl sites for hydroxylation is 1. The summed E-state index contributed by atoms with van der Waals surface area (Å²) in [6.07, 6.45) is 2.75. The molecule has 0 spiro atoms. The molecule has 15 heavy (non-hydrogen) atoms. The topological polar surface area (TPSA) is 44.0 Å². The molecule has 2 rings (SSSR count). The lowest BCUT2D eigenvalue weighted by molar-refractivity contribution is 0.310. The molecule has 78 valence electrons.